The van der Waals surface area contributed by atoms with Gasteiger partial charge < -0.3 is 20.6 Å². The Labute approximate surface area is 187 Å². The molecule has 0 bridgehead atoms. The van der Waals surface area contributed by atoms with E-state index in [1.165, 1.54) is 83.5 Å². The van der Waals surface area contributed by atoms with Crippen LogP contribution in [-0.4, -0.2) is 37.9 Å². The van der Waals surface area contributed by atoms with Crippen LogP contribution in [-0.2, 0) is 11.2 Å². The summed E-state index contributed by atoms with van der Waals surface area (Å²) >= 11 is 0. The van der Waals surface area contributed by atoms with Gasteiger partial charge in [-0.05, 0) is 6.42 Å². The van der Waals surface area contributed by atoms with Crippen LogP contribution in [0.3, 0.4) is 0 Å². The maximum Gasteiger partial charge on any atom is 0.183 e. The number of nitrogens with one attached hydrogen (secondary N) is 1. The van der Waals surface area contributed by atoms with Crippen molar-refractivity contribution in [2.24, 2.45) is 0 Å². The molecule has 31 heavy (non-hydrogen) atoms. The maximum atomic E-state index is 10.0. The Morgan fingerprint density at radius 1 is 0.903 bits per heavy atom. The molecule has 2 aromatic heterocycles. The Hall–Kier alpha value is -1.73. The summed E-state index contributed by atoms with van der Waals surface area (Å²) in [4.78, 5) is 15.6. The van der Waals surface area contributed by atoms with Crippen LogP contribution in [0.25, 0.3) is 11.2 Å². The SMILES string of the molecule is CCCCCCCCCCCCCCCCOC(O)CCc1nc(N)c2[nH]cnc2n1. The molecule has 1 unspecified atom stereocenters. The number of unbranched alkanes of at least 4 members (excludes halogenated alkanes) is 13. The van der Waals surface area contributed by atoms with E-state index in [2.05, 4.69) is 26.9 Å². The summed E-state index contributed by atoms with van der Waals surface area (Å²) < 4.78 is 5.52. The quantitative estimate of drug-likeness (QED) is 0.194. The van der Waals surface area contributed by atoms with Crippen LogP contribution in [0.5, 0.6) is 0 Å². The molecule has 0 aliphatic rings. The molecule has 1 atom stereocenters. The van der Waals surface area contributed by atoms with E-state index in [0.29, 0.717) is 42.3 Å². The number of nitrogens with two attached hydrogens (primary N) is 1. The van der Waals surface area contributed by atoms with E-state index in [4.69, 9.17) is 10.5 Å². The Morgan fingerprint density at radius 2 is 1.48 bits per heavy atom. The van der Waals surface area contributed by atoms with Crippen LogP contribution < -0.4 is 5.73 Å². The molecular weight excluding hydrogens is 390 g/mol. The number of ether oxygens (including phenoxy) is 1. The third-order valence-corrected chi connectivity index (χ3v) is 5.78. The number of aromatic nitrogens is 4. The van der Waals surface area contributed by atoms with Gasteiger partial charge >= 0.3 is 0 Å². The number of rotatable bonds is 19. The van der Waals surface area contributed by atoms with E-state index in [-0.39, 0.29) is 0 Å². The highest BCUT2D eigenvalue weighted by atomic mass is 16.6. The fraction of sp³-hybridized carbons (Fsp3) is 0.792. The van der Waals surface area contributed by atoms with Crippen LogP contribution in [0.4, 0.5) is 5.82 Å². The van der Waals surface area contributed by atoms with Gasteiger partial charge in [-0.1, -0.05) is 90.4 Å². The summed E-state index contributed by atoms with van der Waals surface area (Å²) in [7, 11) is 0. The van der Waals surface area contributed by atoms with Crippen LogP contribution in [0.1, 0.15) is 109 Å². The molecule has 0 spiro atoms. The standard InChI is InChI=1S/C24H43N5O2/c1-2-3-4-5-6-7-8-9-10-11-12-13-14-15-18-31-21(30)17-16-20-28-23(25)22-24(29-20)27-19-26-22/h19,21,30H,2-18H2,1H3,(H3,25,26,27,28,29). The molecule has 0 radical (unpaired) electrons. The van der Waals surface area contributed by atoms with Crippen molar-refractivity contribution in [1.82, 2.24) is 19.9 Å². The predicted octanol–water partition coefficient (Wildman–Crippen LogP) is 5.68. The first-order valence-electron chi connectivity index (χ1n) is 12.5. The minimum atomic E-state index is -0.790. The number of H-pyrrole nitrogens is 1. The van der Waals surface area contributed by atoms with E-state index < -0.39 is 6.29 Å². The molecule has 176 valence electrons. The van der Waals surface area contributed by atoms with Crippen molar-refractivity contribution in [2.75, 3.05) is 12.3 Å². The van der Waals surface area contributed by atoms with Crippen molar-refractivity contribution in [3.05, 3.63) is 12.2 Å². The summed E-state index contributed by atoms with van der Waals surface area (Å²) in [6.07, 6.45) is 20.4. The molecule has 0 fully saturated rings. The van der Waals surface area contributed by atoms with E-state index in [1.807, 2.05) is 0 Å². The lowest BCUT2D eigenvalue weighted by molar-refractivity contribution is -0.104. The van der Waals surface area contributed by atoms with Crippen molar-refractivity contribution in [1.29, 1.82) is 0 Å². The molecule has 7 heteroatoms. The lowest BCUT2D eigenvalue weighted by Gasteiger charge is -2.11. The minimum Gasteiger partial charge on any atom is -0.382 e. The zero-order valence-corrected chi connectivity index (χ0v) is 19.4. The van der Waals surface area contributed by atoms with Crippen molar-refractivity contribution >= 4 is 17.0 Å². The van der Waals surface area contributed by atoms with Gasteiger partial charge in [0, 0.05) is 19.4 Å². The highest BCUT2D eigenvalue weighted by Gasteiger charge is 2.10. The lowest BCUT2D eigenvalue weighted by Crippen LogP contribution is -2.15. The van der Waals surface area contributed by atoms with Gasteiger partial charge in [0.05, 0.1) is 6.33 Å². The monoisotopic (exact) mass is 433 g/mol. The Morgan fingerprint density at radius 3 is 2.10 bits per heavy atom. The number of aliphatic hydroxyl groups is 1. The van der Waals surface area contributed by atoms with E-state index in [0.717, 1.165) is 6.42 Å². The molecule has 2 heterocycles. The molecular formula is C24H43N5O2. The van der Waals surface area contributed by atoms with Crippen molar-refractivity contribution in [3.8, 4) is 0 Å². The number of nitrogen functional groups attached to an aromatic ring is 1. The minimum absolute atomic E-state index is 0.385. The highest BCUT2D eigenvalue weighted by Crippen LogP contribution is 2.15. The maximum absolute atomic E-state index is 10.0. The van der Waals surface area contributed by atoms with Crippen molar-refractivity contribution in [2.45, 2.75) is 116 Å². The second kappa shape index (κ2) is 16.0. The van der Waals surface area contributed by atoms with Gasteiger partial charge in [0.2, 0.25) is 0 Å². The Kier molecular flexibility index (Phi) is 13.2. The summed E-state index contributed by atoms with van der Waals surface area (Å²) in [5.41, 5.74) is 7.10. The largest absolute Gasteiger partial charge is 0.382 e. The molecule has 2 aromatic rings. The number of imidazole rings is 1. The second-order valence-electron chi connectivity index (χ2n) is 8.59. The Bertz CT molecular complexity index is 706. The molecule has 0 aliphatic carbocycles. The molecule has 0 aromatic carbocycles. The fourth-order valence-electron chi connectivity index (χ4n) is 3.87. The predicted molar refractivity (Wildman–Crippen MR) is 127 cm³/mol. The van der Waals surface area contributed by atoms with Crippen LogP contribution in [0.15, 0.2) is 6.33 Å². The summed E-state index contributed by atoms with van der Waals surface area (Å²) in [6, 6.07) is 0. The number of anilines is 1. The number of hydrogen-bond acceptors (Lipinski definition) is 6. The number of hydrogen-bond donors (Lipinski definition) is 3. The molecule has 0 aliphatic heterocycles. The van der Waals surface area contributed by atoms with Crippen molar-refractivity contribution < 1.29 is 9.84 Å². The van der Waals surface area contributed by atoms with E-state index in [9.17, 15) is 5.11 Å². The van der Waals surface area contributed by atoms with Gasteiger partial charge in [-0.3, -0.25) is 0 Å². The zero-order chi connectivity index (χ0) is 22.2. The molecule has 4 N–H and O–H groups in total. The average molecular weight is 434 g/mol. The molecule has 0 amide bonds. The smallest absolute Gasteiger partial charge is 0.183 e. The number of nitrogens with zero attached hydrogens (tertiary/aromatic N) is 3. The van der Waals surface area contributed by atoms with Gasteiger partial charge in [0.1, 0.15) is 11.3 Å². The molecule has 2 rings (SSSR count). The number of aliphatic hydroxyl groups excluding tert-OH is 1. The number of fused-ring (bicyclic) bond motifs is 1. The summed E-state index contributed by atoms with van der Waals surface area (Å²) in [6.45, 7) is 2.87. The van der Waals surface area contributed by atoms with Gasteiger partial charge in [0.25, 0.3) is 0 Å². The van der Waals surface area contributed by atoms with Gasteiger partial charge in [-0.15, -0.1) is 0 Å². The van der Waals surface area contributed by atoms with Gasteiger partial charge in [-0.25, -0.2) is 15.0 Å². The number of aromatic amines is 1. The summed E-state index contributed by atoms with van der Waals surface area (Å²) in [5.74, 6) is 0.964. The summed E-state index contributed by atoms with van der Waals surface area (Å²) in [5, 5.41) is 10.0. The van der Waals surface area contributed by atoms with Gasteiger partial charge in [-0.2, -0.15) is 0 Å². The van der Waals surface area contributed by atoms with Crippen LogP contribution >= 0.6 is 0 Å². The molecule has 7 nitrogen and oxygen atoms in total. The number of aryl methyl sites for hydroxylation is 1. The Balaban J connectivity index is 1.38. The third-order valence-electron chi connectivity index (χ3n) is 5.78. The van der Waals surface area contributed by atoms with Crippen LogP contribution in [0.2, 0.25) is 0 Å². The normalized spacial score (nSPS) is 12.6. The second-order valence-corrected chi connectivity index (χ2v) is 8.59. The lowest BCUT2D eigenvalue weighted by atomic mass is 10.0. The first kappa shape index (κ1) is 25.5. The van der Waals surface area contributed by atoms with Crippen molar-refractivity contribution in [3.63, 3.8) is 0 Å². The van der Waals surface area contributed by atoms with E-state index in [1.54, 1.807) is 6.33 Å². The first-order valence-corrected chi connectivity index (χ1v) is 12.5. The average Bonchev–Trinajstić information content (AvgIpc) is 3.24. The molecule has 0 saturated heterocycles. The third kappa shape index (κ3) is 10.9. The first-order chi connectivity index (χ1) is 15.2. The van der Waals surface area contributed by atoms with E-state index >= 15 is 0 Å². The fourth-order valence-corrected chi connectivity index (χ4v) is 3.87. The molecule has 0 saturated carbocycles. The topological polar surface area (TPSA) is 110 Å². The van der Waals surface area contributed by atoms with Gasteiger partial charge in [0.15, 0.2) is 17.8 Å². The zero-order valence-electron chi connectivity index (χ0n) is 19.4. The highest BCUT2D eigenvalue weighted by molar-refractivity contribution is 5.80. The van der Waals surface area contributed by atoms with Crippen LogP contribution in [0, 0.1) is 0 Å².